The van der Waals surface area contributed by atoms with Crippen molar-refractivity contribution >= 4 is 0 Å². The summed E-state index contributed by atoms with van der Waals surface area (Å²) in [4.78, 5) is 2.52. The van der Waals surface area contributed by atoms with Crippen LogP contribution in [0.3, 0.4) is 0 Å². The van der Waals surface area contributed by atoms with E-state index in [4.69, 9.17) is 4.74 Å². The van der Waals surface area contributed by atoms with Gasteiger partial charge in [-0.1, -0.05) is 0 Å². The van der Waals surface area contributed by atoms with Gasteiger partial charge < -0.3 is 10.1 Å². The first-order valence-corrected chi connectivity index (χ1v) is 5.42. The van der Waals surface area contributed by atoms with Crippen molar-refractivity contribution < 1.29 is 4.74 Å². The van der Waals surface area contributed by atoms with E-state index in [1.807, 2.05) is 0 Å². The minimum absolute atomic E-state index is 0.519. The van der Waals surface area contributed by atoms with Crippen LogP contribution in [0.15, 0.2) is 0 Å². The van der Waals surface area contributed by atoms with Gasteiger partial charge in [0.05, 0.1) is 6.10 Å². The largest absolute Gasteiger partial charge is 0.377 e. The molecule has 1 unspecified atom stereocenters. The zero-order valence-corrected chi connectivity index (χ0v) is 8.46. The van der Waals surface area contributed by atoms with Gasteiger partial charge in [-0.3, -0.25) is 4.90 Å². The summed E-state index contributed by atoms with van der Waals surface area (Å²) in [6.07, 6.45) is 3.04. The summed E-state index contributed by atoms with van der Waals surface area (Å²) in [7, 11) is 0. The van der Waals surface area contributed by atoms with Gasteiger partial charge in [0, 0.05) is 38.8 Å². The van der Waals surface area contributed by atoms with Crippen molar-refractivity contribution in [2.24, 2.45) is 0 Å². The highest BCUT2D eigenvalue weighted by Gasteiger charge is 2.22. The fourth-order valence-electron chi connectivity index (χ4n) is 2.25. The van der Waals surface area contributed by atoms with Crippen molar-refractivity contribution in [1.82, 2.24) is 10.2 Å². The topological polar surface area (TPSA) is 24.5 Å². The van der Waals surface area contributed by atoms with Crippen LogP contribution in [-0.4, -0.2) is 49.8 Å². The van der Waals surface area contributed by atoms with Gasteiger partial charge in [0.1, 0.15) is 0 Å². The first-order chi connectivity index (χ1) is 6.34. The second-order valence-electron chi connectivity index (χ2n) is 4.25. The van der Waals surface area contributed by atoms with Crippen LogP contribution in [-0.2, 0) is 4.74 Å². The lowest BCUT2D eigenvalue weighted by Gasteiger charge is -2.33. The minimum atomic E-state index is 0.519. The zero-order valence-electron chi connectivity index (χ0n) is 8.46. The van der Waals surface area contributed by atoms with Crippen molar-refractivity contribution in [3.8, 4) is 0 Å². The molecule has 1 N–H and O–H groups in total. The van der Waals surface area contributed by atoms with Gasteiger partial charge in [0.15, 0.2) is 0 Å². The molecule has 2 saturated heterocycles. The van der Waals surface area contributed by atoms with E-state index in [0.717, 1.165) is 19.7 Å². The van der Waals surface area contributed by atoms with E-state index >= 15 is 0 Å². The second-order valence-corrected chi connectivity index (χ2v) is 4.25. The lowest BCUT2D eigenvalue weighted by Crippen LogP contribution is -2.51. The summed E-state index contributed by atoms with van der Waals surface area (Å²) < 4.78 is 5.63. The molecule has 0 aliphatic carbocycles. The van der Waals surface area contributed by atoms with E-state index in [-0.39, 0.29) is 0 Å². The molecule has 2 heterocycles. The third-order valence-electron chi connectivity index (χ3n) is 2.94. The maximum absolute atomic E-state index is 5.63. The SMILES string of the molecule is C[C@H]1CN(CC2CCCO2)CCN1. The lowest BCUT2D eigenvalue weighted by molar-refractivity contribution is 0.0638. The highest BCUT2D eigenvalue weighted by atomic mass is 16.5. The predicted molar refractivity (Wildman–Crippen MR) is 52.9 cm³/mol. The van der Waals surface area contributed by atoms with Gasteiger partial charge in [-0.25, -0.2) is 0 Å². The Morgan fingerprint density at radius 3 is 3.15 bits per heavy atom. The Labute approximate surface area is 80.4 Å². The van der Waals surface area contributed by atoms with Crippen LogP contribution in [0.5, 0.6) is 0 Å². The molecule has 13 heavy (non-hydrogen) atoms. The van der Waals surface area contributed by atoms with Crippen molar-refractivity contribution in [2.45, 2.75) is 31.9 Å². The van der Waals surface area contributed by atoms with E-state index in [1.54, 1.807) is 0 Å². The normalized spacial score (nSPS) is 36.7. The number of hydrogen-bond donors (Lipinski definition) is 1. The molecular weight excluding hydrogens is 164 g/mol. The number of rotatable bonds is 2. The van der Waals surface area contributed by atoms with Gasteiger partial charge in [0.25, 0.3) is 0 Å². The fraction of sp³-hybridized carbons (Fsp3) is 1.00. The van der Waals surface area contributed by atoms with E-state index in [0.29, 0.717) is 12.1 Å². The van der Waals surface area contributed by atoms with Crippen molar-refractivity contribution in [1.29, 1.82) is 0 Å². The molecule has 2 aliphatic heterocycles. The zero-order chi connectivity index (χ0) is 9.10. The van der Waals surface area contributed by atoms with Crippen molar-refractivity contribution in [3.05, 3.63) is 0 Å². The number of nitrogens with one attached hydrogen (secondary N) is 1. The molecule has 0 amide bonds. The van der Waals surface area contributed by atoms with Crippen LogP contribution in [0.2, 0.25) is 0 Å². The maximum atomic E-state index is 5.63. The molecule has 3 nitrogen and oxygen atoms in total. The summed E-state index contributed by atoms with van der Waals surface area (Å²) in [6.45, 7) is 7.87. The quantitative estimate of drug-likeness (QED) is 0.675. The molecule has 0 radical (unpaired) electrons. The smallest absolute Gasteiger partial charge is 0.0702 e. The Bertz CT molecular complexity index is 157. The monoisotopic (exact) mass is 184 g/mol. The summed E-state index contributed by atoms with van der Waals surface area (Å²) in [5.41, 5.74) is 0. The van der Waals surface area contributed by atoms with Crippen LogP contribution in [0.4, 0.5) is 0 Å². The first kappa shape index (κ1) is 9.44. The molecule has 2 atom stereocenters. The predicted octanol–water partition coefficient (Wildman–Crippen LogP) is 0.459. The van der Waals surface area contributed by atoms with Crippen LogP contribution in [0.25, 0.3) is 0 Å². The molecule has 76 valence electrons. The Balaban J connectivity index is 1.73. The molecule has 2 aliphatic rings. The second kappa shape index (κ2) is 4.40. The number of nitrogens with zero attached hydrogens (tertiary/aromatic N) is 1. The standard InChI is InChI=1S/C10H20N2O/c1-9-7-12(5-4-11-9)8-10-3-2-6-13-10/h9-11H,2-8H2,1H3/t9-,10?/m0/s1. The summed E-state index contributed by atoms with van der Waals surface area (Å²) in [5, 5.41) is 3.45. The van der Waals surface area contributed by atoms with Gasteiger partial charge in [-0.05, 0) is 19.8 Å². The Morgan fingerprint density at radius 2 is 2.46 bits per heavy atom. The van der Waals surface area contributed by atoms with Crippen LogP contribution in [0, 0.1) is 0 Å². The molecular formula is C10H20N2O. The average Bonchev–Trinajstić information content (AvgIpc) is 2.57. The van der Waals surface area contributed by atoms with Gasteiger partial charge >= 0.3 is 0 Å². The molecule has 3 heteroatoms. The maximum Gasteiger partial charge on any atom is 0.0702 e. The fourth-order valence-corrected chi connectivity index (χ4v) is 2.25. The Kier molecular flexibility index (Phi) is 3.19. The van der Waals surface area contributed by atoms with E-state index in [9.17, 15) is 0 Å². The van der Waals surface area contributed by atoms with Crippen LogP contribution >= 0.6 is 0 Å². The third-order valence-corrected chi connectivity index (χ3v) is 2.94. The van der Waals surface area contributed by atoms with Crippen molar-refractivity contribution in [3.63, 3.8) is 0 Å². The molecule has 0 aromatic heterocycles. The molecule has 2 fully saturated rings. The van der Waals surface area contributed by atoms with Gasteiger partial charge in [0.2, 0.25) is 0 Å². The molecule has 2 rings (SSSR count). The van der Waals surface area contributed by atoms with E-state index < -0.39 is 0 Å². The minimum Gasteiger partial charge on any atom is -0.377 e. The number of hydrogen-bond acceptors (Lipinski definition) is 3. The molecule has 0 aromatic carbocycles. The highest BCUT2D eigenvalue weighted by Crippen LogP contribution is 2.13. The number of piperazine rings is 1. The molecule has 0 aromatic rings. The lowest BCUT2D eigenvalue weighted by atomic mass is 10.2. The van der Waals surface area contributed by atoms with E-state index in [1.165, 1.54) is 25.9 Å². The molecule has 0 spiro atoms. The first-order valence-electron chi connectivity index (χ1n) is 5.42. The van der Waals surface area contributed by atoms with E-state index in [2.05, 4.69) is 17.1 Å². The third kappa shape index (κ3) is 2.66. The number of ether oxygens (including phenoxy) is 1. The molecule has 0 saturated carbocycles. The van der Waals surface area contributed by atoms with Crippen LogP contribution < -0.4 is 5.32 Å². The average molecular weight is 184 g/mol. The summed E-state index contributed by atoms with van der Waals surface area (Å²) >= 11 is 0. The molecule has 0 bridgehead atoms. The van der Waals surface area contributed by atoms with Crippen LogP contribution in [0.1, 0.15) is 19.8 Å². The Hall–Kier alpha value is -0.120. The summed E-state index contributed by atoms with van der Waals surface area (Å²) in [6, 6.07) is 0.648. The summed E-state index contributed by atoms with van der Waals surface area (Å²) in [5.74, 6) is 0. The van der Waals surface area contributed by atoms with Crippen molar-refractivity contribution in [2.75, 3.05) is 32.8 Å². The van der Waals surface area contributed by atoms with Gasteiger partial charge in [-0.2, -0.15) is 0 Å². The highest BCUT2D eigenvalue weighted by molar-refractivity contribution is 4.78. The van der Waals surface area contributed by atoms with Gasteiger partial charge in [-0.15, -0.1) is 0 Å². The Morgan fingerprint density at radius 1 is 1.54 bits per heavy atom.